The molecule has 4 N–H and O–H groups in total. The van der Waals surface area contributed by atoms with Gasteiger partial charge in [0.05, 0.1) is 18.7 Å². The first-order chi connectivity index (χ1) is 8.47. The normalized spacial score (nSPS) is 18.2. The van der Waals surface area contributed by atoms with Crippen LogP contribution in [0.2, 0.25) is 0 Å². The van der Waals surface area contributed by atoms with E-state index in [0.717, 1.165) is 0 Å². The molecule has 0 radical (unpaired) electrons. The van der Waals surface area contributed by atoms with E-state index in [4.69, 9.17) is 10.5 Å². The highest BCUT2D eigenvalue weighted by molar-refractivity contribution is 5.85. The van der Waals surface area contributed by atoms with Crippen LogP contribution >= 0.6 is 0 Å². The molecule has 7 heteroatoms. The largest absolute Gasteiger partial charge is 0.388 e. The first-order valence-electron chi connectivity index (χ1n) is 5.98. The second-order valence-electron chi connectivity index (χ2n) is 4.57. The molecule has 1 aliphatic heterocycles. The predicted octanol–water partition coefficient (Wildman–Crippen LogP) is -1.94. The highest BCUT2D eigenvalue weighted by Gasteiger charge is 2.32. The number of amides is 2. The highest BCUT2D eigenvalue weighted by atomic mass is 16.5. The van der Waals surface area contributed by atoms with Crippen molar-refractivity contribution in [3.63, 3.8) is 0 Å². The van der Waals surface area contributed by atoms with Crippen molar-refractivity contribution in [2.24, 2.45) is 5.73 Å². The number of carbonyl (C=O) groups is 2. The zero-order chi connectivity index (χ0) is 13.6. The average Bonchev–Trinajstić information content (AvgIpc) is 2.35. The Morgan fingerprint density at radius 1 is 1.44 bits per heavy atom. The van der Waals surface area contributed by atoms with Crippen molar-refractivity contribution in [2.45, 2.75) is 18.4 Å². The van der Waals surface area contributed by atoms with Crippen molar-refractivity contribution >= 4 is 11.8 Å². The summed E-state index contributed by atoms with van der Waals surface area (Å²) in [5.41, 5.74) is 4.23. The smallest absolute Gasteiger partial charge is 0.241 e. The Labute approximate surface area is 106 Å². The fourth-order valence-corrected chi connectivity index (χ4v) is 1.82. The number of carbonyl (C=O) groups excluding carboxylic acids is 2. The number of hydrogen-bond donors (Lipinski definition) is 3. The topological polar surface area (TPSA) is 105 Å². The molecule has 1 heterocycles. The van der Waals surface area contributed by atoms with Gasteiger partial charge in [-0.1, -0.05) is 0 Å². The summed E-state index contributed by atoms with van der Waals surface area (Å²) < 4.78 is 5.17. The number of nitrogens with two attached hydrogens (primary N) is 1. The number of hydrogen-bond acceptors (Lipinski definition) is 5. The number of nitrogens with one attached hydrogen (secondary N) is 1. The van der Waals surface area contributed by atoms with Crippen molar-refractivity contribution in [1.29, 1.82) is 0 Å². The summed E-state index contributed by atoms with van der Waals surface area (Å²) >= 11 is 0. The van der Waals surface area contributed by atoms with Gasteiger partial charge in [-0.2, -0.15) is 0 Å². The third-order valence-corrected chi connectivity index (χ3v) is 3.00. The zero-order valence-corrected chi connectivity index (χ0v) is 10.6. The maximum absolute atomic E-state index is 11.7. The van der Waals surface area contributed by atoms with Crippen molar-refractivity contribution in [3.05, 3.63) is 0 Å². The van der Waals surface area contributed by atoms with Crippen molar-refractivity contribution in [2.75, 3.05) is 39.9 Å². The van der Waals surface area contributed by atoms with E-state index in [1.165, 1.54) is 4.90 Å². The van der Waals surface area contributed by atoms with E-state index < -0.39 is 5.60 Å². The van der Waals surface area contributed by atoms with E-state index in [2.05, 4.69) is 5.32 Å². The minimum Gasteiger partial charge on any atom is -0.388 e. The van der Waals surface area contributed by atoms with Crippen LogP contribution in [0.1, 0.15) is 12.8 Å². The maximum atomic E-state index is 11.7. The number of likely N-dealkylation sites (N-methyl/N-ethyl adjacent to an activating group) is 1. The predicted molar refractivity (Wildman–Crippen MR) is 64.7 cm³/mol. The molecule has 1 fully saturated rings. The van der Waals surface area contributed by atoms with Gasteiger partial charge in [-0.3, -0.25) is 9.59 Å². The molecular weight excluding hydrogens is 238 g/mol. The van der Waals surface area contributed by atoms with E-state index in [1.54, 1.807) is 7.05 Å². The van der Waals surface area contributed by atoms with Gasteiger partial charge in [0.2, 0.25) is 11.8 Å². The van der Waals surface area contributed by atoms with Crippen molar-refractivity contribution in [3.8, 4) is 0 Å². The lowest BCUT2D eigenvalue weighted by atomic mass is 9.94. The fraction of sp³-hybridized carbons (Fsp3) is 0.818. The molecule has 0 bridgehead atoms. The Morgan fingerprint density at radius 2 is 2.06 bits per heavy atom. The first-order valence-corrected chi connectivity index (χ1v) is 5.98. The Kier molecular flexibility index (Phi) is 5.52. The number of aliphatic hydroxyl groups is 1. The maximum Gasteiger partial charge on any atom is 0.241 e. The lowest BCUT2D eigenvalue weighted by Crippen LogP contribution is -2.49. The van der Waals surface area contributed by atoms with Gasteiger partial charge in [-0.15, -0.1) is 0 Å². The van der Waals surface area contributed by atoms with E-state index in [1.807, 2.05) is 0 Å². The molecule has 0 aliphatic carbocycles. The Balaban J connectivity index is 2.36. The van der Waals surface area contributed by atoms with Crippen LogP contribution < -0.4 is 11.1 Å². The van der Waals surface area contributed by atoms with Gasteiger partial charge < -0.3 is 25.8 Å². The molecule has 0 aromatic carbocycles. The fourth-order valence-electron chi connectivity index (χ4n) is 1.82. The molecule has 1 saturated heterocycles. The molecule has 7 nitrogen and oxygen atoms in total. The third kappa shape index (κ3) is 4.59. The number of ether oxygens (including phenoxy) is 1. The zero-order valence-electron chi connectivity index (χ0n) is 10.6. The Morgan fingerprint density at radius 3 is 2.61 bits per heavy atom. The van der Waals surface area contributed by atoms with Crippen LogP contribution in [-0.2, 0) is 14.3 Å². The molecular formula is C11H21N3O4. The Bertz CT molecular complexity index is 303. The lowest BCUT2D eigenvalue weighted by molar-refractivity contribution is -0.137. The SMILES string of the molecule is CN(CC1(O)CCOCC1)C(=O)CNC(=O)CN. The molecule has 2 amide bonds. The van der Waals surface area contributed by atoms with Crippen LogP contribution in [0, 0.1) is 0 Å². The summed E-state index contributed by atoms with van der Waals surface area (Å²) in [6.45, 7) is 1.01. The van der Waals surface area contributed by atoms with Crippen molar-refractivity contribution in [1.82, 2.24) is 10.2 Å². The van der Waals surface area contributed by atoms with Gasteiger partial charge in [0.25, 0.3) is 0 Å². The van der Waals surface area contributed by atoms with Gasteiger partial charge in [0.15, 0.2) is 0 Å². The number of nitrogens with zero attached hydrogens (tertiary/aromatic N) is 1. The first kappa shape index (κ1) is 14.9. The van der Waals surface area contributed by atoms with Gasteiger partial charge in [0, 0.05) is 39.6 Å². The van der Waals surface area contributed by atoms with Gasteiger partial charge in [-0.25, -0.2) is 0 Å². The second kappa shape index (κ2) is 6.67. The van der Waals surface area contributed by atoms with Gasteiger partial charge in [0.1, 0.15) is 0 Å². The standard InChI is InChI=1S/C11H21N3O4/c1-14(10(16)7-13-9(15)6-12)8-11(17)2-4-18-5-3-11/h17H,2-8,12H2,1H3,(H,13,15). The average molecular weight is 259 g/mol. The summed E-state index contributed by atoms with van der Waals surface area (Å²) in [6, 6.07) is 0. The van der Waals surface area contributed by atoms with Crippen LogP contribution in [0.25, 0.3) is 0 Å². The van der Waals surface area contributed by atoms with Crippen LogP contribution in [0.4, 0.5) is 0 Å². The van der Waals surface area contributed by atoms with E-state index in [0.29, 0.717) is 26.1 Å². The number of rotatable bonds is 5. The minimum absolute atomic E-state index is 0.0981. The molecule has 0 saturated carbocycles. The van der Waals surface area contributed by atoms with E-state index in [-0.39, 0.29) is 31.4 Å². The second-order valence-corrected chi connectivity index (χ2v) is 4.57. The molecule has 0 aromatic heterocycles. The summed E-state index contributed by atoms with van der Waals surface area (Å²) in [5, 5.41) is 12.6. The van der Waals surface area contributed by atoms with Crippen LogP contribution in [-0.4, -0.2) is 67.3 Å². The van der Waals surface area contributed by atoms with Gasteiger partial charge in [-0.05, 0) is 0 Å². The summed E-state index contributed by atoms with van der Waals surface area (Å²) in [7, 11) is 1.60. The van der Waals surface area contributed by atoms with E-state index >= 15 is 0 Å². The molecule has 1 aliphatic rings. The molecule has 18 heavy (non-hydrogen) atoms. The summed E-state index contributed by atoms with van der Waals surface area (Å²) in [6.07, 6.45) is 1.03. The van der Waals surface area contributed by atoms with Crippen LogP contribution in [0.3, 0.4) is 0 Å². The molecule has 0 atom stereocenters. The Hall–Kier alpha value is -1.18. The molecule has 0 aromatic rings. The molecule has 0 unspecified atom stereocenters. The van der Waals surface area contributed by atoms with Crippen LogP contribution in [0.15, 0.2) is 0 Å². The van der Waals surface area contributed by atoms with Crippen molar-refractivity contribution < 1.29 is 19.4 Å². The quantitative estimate of drug-likeness (QED) is 0.533. The monoisotopic (exact) mass is 259 g/mol. The highest BCUT2D eigenvalue weighted by Crippen LogP contribution is 2.21. The minimum atomic E-state index is -0.888. The third-order valence-electron chi connectivity index (χ3n) is 3.00. The van der Waals surface area contributed by atoms with Crippen LogP contribution in [0.5, 0.6) is 0 Å². The summed E-state index contributed by atoms with van der Waals surface area (Å²) in [5.74, 6) is -0.627. The van der Waals surface area contributed by atoms with Gasteiger partial charge >= 0.3 is 0 Å². The molecule has 104 valence electrons. The molecule has 0 spiro atoms. The lowest BCUT2D eigenvalue weighted by Gasteiger charge is -2.35. The van der Waals surface area contributed by atoms with E-state index in [9.17, 15) is 14.7 Å². The summed E-state index contributed by atoms with van der Waals surface area (Å²) in [4.78, 5) is 24.0. The molecule has 1 rings (SSSR count).